The van der Waals surface area contributed by atoms with E-state index < -0.39 is 12.1 Å². The minimum Gasteiger partial charge on any atom is -0.343 e. The van der Waals surface area contributed by atoms with Gasteiger partial charge in [-0.1, -0.05) is 31.5 Å². The molecule has 5 heteroatoms. The average Bonchev–Trinajstić information content (AvgIpc) is 2.49. The highest BCUT2D eigenvalue weighted by atomic mass is 16.2. The molecule has 1 aromatic rings. The van der Waals surface area contributed by atoms with Gasteiger partial charge >= 0.3 is 0 Å². The second-order valence-electron chi connectivity index (χ2n) is 6.30. The van der Waals surface area contributed by atoms with Crippen molar-refractivity contribution in [1.82, 2.24) is 5.32 Å². The Morgan fingerprint density at radius 1 is 1.32 bits per heavy atom. The van der Waals surface area contributed by atoms with Crippen LogP contribution in [0.3, 0.4) is 0 Å². The highest BCUT2D eigenvalue weighted by molar-refractivity contribution is 6.00. The maximum absolute atomic E-state index is 12.6. The molecule has 0 aliphatic carbocycles. The molecule has 1 saturated heterocycles. The van der Waals surface area contributed by atoms with Gasteiger partial charge in [0.15, 0.2) is 0 Å². The Kier molecular flexibility index (Phi) is 5.19. The fourth-order valence-electron chi connectivity index (χ4n) is 2.56. The maximum atomic E-state index is 12.6. The Hall–Kier alpha value is -1.88. The number of aryl methyl sites for hydroxylation is 1. The first-order valence-corrected chi connectivity index (χ1v) is 7.84. The molecule has 5 nitrogen and oxygen atoms in total. The molecule has 0 radical (unpaired) electrons. The van der Waals surface area contributed by atoms with Crippen molar-refractivity contribution in [3.05, 3.63) is 29.8 Å². The van der Waals surface area contributed by atoms with Crippen LogP contribution in [-0.4, -0.2) is 30.4 Å². The third-order valence-electron chi connectivity index (χ3n) is 4.12. The molecule has 1 aliphatic rings. The minimum absolute atomic E-state index is 0.0481. The normalized spacial score (nSPS) is 20.1. The zero-order valence-corrected chi connectivity index (χ0v) is 13.5. The number of anilines is 1. The summed E-state index contributed by atoms with van der Waals surface area (Å²) in [6, 6.07) is 6.79. The zero-order chi connectivity index (χ0) is 16.3. The van der Waals surface area contributed by atoms with Gasteiger partial charge in [-0.25, -0.2) is 0 Å². The van der Waals surface area contributed by atoms with E-state index in [1.165, 1.54) is 0 Å². The molecule has 0 aromatic heterocycles. The van der Waals surface area contributed by atoms with E-state index in [4.69, 9.17) is 5.73 Å². The number of amides is 2. The molecule has 2 rings (SSSR count). The van der Waals surface area contributed by atoms with E-state index in [-0.39, 0.29) is 17.7 Å². The first-order valence-electron chi connectivity index (χ1n) is 7.84. The van der Waals surface area contributed by atoms with E-state index >= 15 is 0 Å². The number of rotatable bonds is 4. The molecule has 0 spiro atoms. The van der Waals surface area contributed by atoms with Crippen molar-refractivity contribution in [3.8, 4) is 0 Å². The van der Waals surface area contributed by atoms with Crippen LogP contribution in [0.4, 0.5) is 5.69 Å². The van der Waals surface area contributed by atoms with Crippen LogP contribution >= 0.6 is 0 Å². The predicted octanol–water partition coefficient (Wildman–Crippen LogP) is 1.59. The van der Waals surface area contributed by atoms with Crippen LogP contribution in [-0.2, 0) is 9.59 Å². The van der Waals surface area contributed by atoms with Crippen LogP contribution in [0.25, 0.3) is 0 Å². The first kappa shape index (κ1) is 16.5. The third-order valence-corrected chi connectivity index (χ3v) is 4.12. The lowest BCUT2D eigenvalue weighted by molar-refractivity contribution is -0.129. The van der Waals surface area contributed by atoms with Crippen molar-refractivity contribution in [2.24, 2.45) is 11.7 Å². The topological polar surface area (TPSA) is 75.4 Å². The number of carbonyl (C=O) groups excluding carboxylic acids is 2. The van der Waals surface area contributed by atoms with Crippen LogP contribution in [0.1, 0.15) is 32.3 Å². The van der Waals surface area contributed by atoms with E-state index in [1.54, 1.807) is 4.90 Å². The fourth-order valence-corrected chi connectivity index (χ4v) is 2.56. The largest absolute Gasteiger partial charge is 0.343 e. The van der Waals surface area contributed by atoms with Crippen LogP contribution < -0.4 is 16.0 Å². The Balaban J connectivity index is 2.07. The van der Waals surface area contributed by atoms with Gasteiger partial charge in [0.05, 0.1) is 6.04 Å². The fraction of sp³-hybridized carbons (Fsp3) is 0.529. The highest BCUT2D eigenvalue weighted by Crippen LogP contribution is 2.21. The second-order valence-corrected chi connectivity index (χ2v) is 6.30. The van der Waals surface area contributed by atoms with E-state index in [0.29, 0.717) is 13.0 Å². The quantitative estimate of drug-likeness (QED) is 0.887. The van der Waals surface area contributed by atoms with Gasteiger partial charge in [0.1, 0.15) is 6.04 Å². The summed E-state index contributed by atoms with van der Waals surface area (Å²) in [4.78, 5) is 26.4. The second kappa shape index (κ2) is 6.92. The van der Waals surface area contributed by atoms with Crippen LogP contribution in [0.5, 0.6) is 0 Å². The average molecular weight is 303 g/mol. The number of hydrogen-bond acceptors (Lipinski definition) is 3. The molecule has 1 fully saturated rings. The summed E-state index contributed by atoms with van der Waals surface area (Å²) in [5.41, 5.74) is 7.88. The summed E-state index contributed by atoms with van der Waals surface area (Å²) in [6.07, 6.45) is 1.53. The summed E-state index contributed by atoms with van der Waals surface area (Å²) in [5, 5.41) is 2.81. The first-order chi connectivity index (χ1) is 10.4. The van der Waals surface area contributed by atoms with Crippen LogP contribution in [0.15, 0.2) is 24.3 Å². The number of carbonyl (C=O) groups is 2. The maximum Gasteiger partial charge on any atom is 0.249 e. The number of piperidine rings is 1. The molecule has 1 unspecified atom stereocenters. The Bertz CT molecular complexity index is 539. The molecule has 2 atom stereocenters. The number of nitrogens with zero attached hydrogens (tertiary/aromatic N) is 1. The molecule has 0 saturated carbocycles. The van der Waals surface area contributed by atoms with Crippen molar-refractivity contribution < 1.29 is 9.59 Å². The van der Waals surface area contributed by atoms with E-state index in [0.717, 1.165) is 17.7 Å². The SMILES string of the molecule is Cc1ccc(N2CCCC(NC(=O)[C@@H](N)C(C)C)C2=O)cc1. The van der Waals surface area contributed by atoms with Gasteiger partial charge in [-0.2, -0.15) is 0 Å². The molecule has 3 N–H and O–H groups in total. The number of nitrogens with one attached hydrogen (secondary N) is 1. The van der Waals surface area contributed by atoms with Gasteiger partial charge < -0.3 is 16.0 Å². The molecule has 22 heavy (non-hydrogen) atoms. The number of benzene rings is 1. The Morgan fingerprint density at radius 3 is 2.55 bits per heavy atom. The summed E-state index contributed by atoms with van der Waals surface area (Å²) >= 11 is 0. The van der Waals surface area contributed by atoms with Gasteiger partial charge in [0.25, 0.3) is 0 Å². The van der Waals surface area contributed by atoms with Gasteiger partial charge in [-0.3, -0.25) is 9.59 Å². The monoisotopic (exact) mass is 303 g/mol. The Labute approximate surface area is 131 Å². The zero-order valence-electron chi connectivity index (χ0n) is 13.5. The predicted molar refractivity (Wildman–Crippen MR) is 87.5 cm³/mol. The standard InChI is InChI=1S/C17H25N3O2/c1-11(2)15(18)16(21)19-14-5-4-10-20(17(14)22)13-8-6-12(3)7-9-13/h6-9,11,14-15H,4-5,10,18H2,1-3H3,(H,19,21)/t14?,15-/m0/s1. The lowest BCUT2D eigenvalue weighted by atomic mass is 10.0. The van der Waals surface area contributed by atoms with Crippen molar-refractivity contribution >= 4 is 17.5 Å². The lowest BCUT2D eigenvalue weighted by Crippen LogP contribution is -2.56. The Morgan fingerprint density at radius 2 is 1.95 bits per heavy atom. The smallest absolute Gasteiger partial charge is 0.249 e. The lowest BCUT2D eigenvalue weighted by Gasteiger charge is -2.33. The molecule has 1 aliphatic heterocycles. The minimum atomic E-state index is -0.581. The molecular formula is C17H25N3O2. The molecule has 1 aromatic carbocycles. The van der Waals surface area contributed by atoms with Crippen LogP contribution in [0, 0.1) is 12.8 Å². The van der Waals surface area contributed by atoms with E-state index in [9.17, 15) is 9.59 Å². The summed E-state index contributed by atoms with van der Waals surface area (Å²) in [6.45, 7) is 6.49. The summed E-state index contributed by atoms with van der Waals surface area (Å²) in [5.74, 6) is -0.259. The summed E-state index contributed by atoms with van der Waals surface area (Å²) in [7, 11) is 0. The van der Waals surface area contributed by atoms with Gasteiger partial charge in [0.2, 0.25) is 11.8 Å². The van der Waals surface area contributed by atoms with Crippen molar-refractivity contribution in [2.75, 3.05) is 11.4 Å². The molecule has 0 bridgehead atoms. The molecule has 2 amide bonds. The van der Waals surface area contributed by atoms with E-state index in [2.05, 4.69) is 5.32 Å². The van der Waals surface area contributed by atoms with Gasteiger partial charge in [0, 0.05) is 12.2 Å². The molecule has 1 heterocycles. The van der Waals surface area contributed by atoms with Crippen LogP contribution in [0.2, 0.25) is 0 Å². The van der Waals surface area contributed by atoms with Gasteiger partial charge in [-0.05, 0) is 37.8 Å². The molecule has 120 valence electrons. The van der Waals surface area contributed by atoms with Crippen molar-refractivity contribution in [2.45, 2.75) is 45.7 Å². The molecular weight excluding hydrogens is 278 g/mol. The highest BCUT2D eigenvalue weighted by Gasteiger charge is 2.32. The third kappa shape index (κ3) is 3.65. The van der Waals surface area contributed by atoms with Crippen molar-refractivity contribution in [3.63, 3.8) is 0 Å². The number of nitrogens with two attached hydrogens (primary N) is 1. The summed E-state index contributed by atoms with van der Waals surface area (Å²) < 4.78 is 0. The van der Waals surface area contributed by atoms with Gasteiger partial charge in [-0.15, -0.1) is 0 Å². The van der Waals surface area contributed by atoms with E-state index in [1.807, 2.05) is 45.0 Å². The van der Waals surface area contributed by atoms with Crippen molar-refractivity contribution in [1.29, 1.82) is 0 Å². The number of hydrogen-bond donors (Lipinski definition) is 2.